The van der Waals surface area contributed by atoms with E-state index in [1.54, 1.807) is 12.1 Å². The maximum Gasteiger partial charge on any atom is 0.289 e. The monoisotopic (exact) mass is 429 g/mol. The molecule has 3 aromatic rings. The molecule has 0 radical (unpaired) electrons. The minimum atomic E-state index is -1.47. The van der Waals surface area contributed by atoms with Crippen molar-refractivity contribution in [3.8, 4) is 0 Å². The Balaban J connectivity index is 1.30. The molecule has 0 bridgehead atoms. The van der Waals surface area contributed by atoms with E-state index >= 15 is 0 Å². The van der Waals surface area contributed by atoms with Crippen molar-refractivity contribution in [2.75, 3.05) is 37.6 Å². The SMILES string of the molecule is CCc1cccc(N2CCN(CC(F)NC(=O)c3cc4ccccc4o3)CC2)c1Cl. The predicted octanol–water partition coefficient (Wildman–Crippen LogP) is 4.50. The van der Waals surface area contributed by atoms with Crippen LogP contribution in [0.25, 0.3) is 11.0 Å². The van der Waals surface area contributed by atoms with Crippen LogP contribution in [0.3, 0.4) is 0 Å². The van der Waals surface area contributed by atoms with Crippen LogP contribution in [0, 0.1) is 0 Å². The molecule has 0 spiro atoms. The first-order chi connectivity index (χ1) is 14.5. The number of hydrogen-bond acceptors (Lipinski definition) is 4. The summed E-state index contributed by atoms with van der Waals surface area (Å²) in [5.74, 6) is -0.422. The maximum atomic E-state index is 14.5. The Bertz CT molecular complexity index is 997. The number of benzene rings is 2. The maximum absolute atomic E-state index is 14.5. The molecule has 1 saturated heterocycles. The van der Waals surface area contributed by atoms with Crippen molar-refractivity contribution >= 4 is 34.2 Å². The number of halogens is 2. The molecule has 0 saturated carbocycles. The molecule has 7 heteroatoms. The van der Waals surface area contributed by atoms with E-state index in [1.807, 2.05) is 41.3 Å². The van der Waals surface area contributed by atoms with Crippen LogP contribution in [0.1, 0.15) is 23.0 Å². The first-order valence-electron chi connectivity index (χ1n) is 10.2. The lowest BCUT2D eigenvalue weighted by atomic mass is 10.1. The molecule has 1 aliphatic heterocycles. The third-order valence-corrected chi connectivity index (χ3v) is 5.94. The Kier molecular flexibility index (Phi) is 6.25. The van der Waals surface area contributed by atoms with Crippen molar-refractivity contribution in [1.29, 1.82) is 0 Å². The van der Waals surface area contributed by atoms with Gasteiger partial charge in [-0.1, -0.05) is 48.9 Å². The number of carbonyl (C=O) groups is 1. The minimum Gasteiger partial charge on any atom is -0.451 e. The van der Waals surface area contributed by atoms with E-state index in [4.69, 9.17) is 16.0 Å². The number of fused-ring (bicyclic) bond motifs is 1. The molecule has 1 fully saturated rings. The second kappa shape index (κ2) is 9.06. The molecule has 1 aliphatic rings. The van der Waals surface area contributed by atoms with Crippen molar-refractivity contribution in [3.63, 3.8) is 0 Å². The van der Waals surface area contributed by atoms with Crippen LogP contribution in [0.5, 0.6) is 0 Å². The first kappa shape index (κ1) is 20.7. The molecular weight excluding hydrogens is 405 g/mol. The van der Waals surface area contributed by atoms with Crippen LogP contribution in [-0.4, -0.2) is 49.8 Å². The fourth-order valence-electron chi connectivity index (χ4n) is 3.83. The van der Waals surface area contributed by atoms with Crippen LogP contribution < -0.4 is 10.2 Å². The number of alkyl halides is 1. The molecule has 0 aliphatic carbocycles. The number of rotatable bonds is 6. The number of nitrogens with one attached hydrogen (secondary N) is 1. The van der Waals surface area contributed by atoms with Gasteiger partial charge in [-0.15, -0.1) is 0 Å². The highest BCUT2D eigenvalue weighted by Crippen LogP contribution is 2.30. The molecule has 1 unspecified atom stereocenters. The molecule has 1 aromatic heterocycles. The standard InChI is InChI=1S/C23H25ClFN3O2/c1-2-16-7-5-8-18(22(16)24)28-12-10-27(11-13-28)15-21(25)26-23(29)20-14-17-6-3-4-9-19(17)30-20/h3-9,14,21H,2,10-13,15H2,1H3,(H,26,29). The van der Waals surface area contributed by atoms with Gasteiger partial charge in [-0.05, 0) is 30.2 Å². The van der Waals surface area contributed by atoms with Crippen molar-refractivity contribution in [3.05, 3.63) is 64.9 Å². The second-order valence-corrected chi connectivity index (χ2v) is 7.86. The van der Waals surface area contributed by atoms with E-state index in [9.17, 15) is 9.18 Å². The molecule has 2 heterocycles. The summed E-state index contributed by atoms with van der Waals surface area (Å²) in [6.07, 6.45) is -0.578. The van der Waals surface area contributed by atoms with Gasteiger partial charge in [0, 0.05) is 38.1 Å². The molecular formula is C23H25ClFN3O2. The highest BCUT2D eigenvalue weighted by Gasteiger charge is 2.23. The van der Waals surface area contributed by atoms with E-state index in [-0.39, 0.29) is 12.3 Å². The summed E-state index contributed by atoms with van der Waals surface area (Å²) >= 11 is 6.54. The van der Waals surface area contributed by atoms with E-state index in [1.165, 1.54) is 0 Å². The number of nitrogens with zero attached hydrogens (tertiary/aromatic N) is 2. The first-order valence-corrected chi connectivity index (χ1v) is 10.6. The van der Waals surface area contributed by atoms with Crippen LogP contribution in [0.2, 0.25) is 5.02 Å². The minimum absolute atomic E-state index is 0.120. The molecule has 30 heavy (non-hydrogen) atoms. The molecule has 4 rings (SSSR count). The third-order valence-electron chi connectivity index (χ3n) is 5.51. The number of anilines is 1. The molecule has 5 nitrogen and oxygen atoms in total. The normalized spacial score (nSPS) is 16.0. The lowest BCUT2D eigenvalue weighted by Gasteiger charge is -2.37. The van der Waals surface area contributed by atoms with Gasteiger partial charge in [0.05, 0.1) is 10.7 Å². The van der Waals surface area contributed by atoms with E-state index in [0.717, 1.165) is 41.2 Å². The van der Waals surface area contributed by atoms with E-state index in [0.29, 0.717) is 18.7 Å². The molecule has 2 aromatic carbocycles. The van der Waals surface area contributed by atoms with Crippen molar-refractivity contribution < 1.29 is 13.6 Å². The number of amides is 1. The molecule has 1 N–H and O–H groups in total. The van der Waals surface area contributed by atoms with Gasteiger partial charge in [0.1, 0.15) is 5.58 Å². The summed E-state index contributed by atoms with van der Waals surface area (Å²) in [5, 5.41) is 4.02. The van der Waals surface area contributed by atoms with Gasteiger partial charge in [-0.25, -0.2) is 4.39 Å². The summed E-state index contributed by atoms with van der Waals surface area (Å²) in [5.41, 5.74) is 2.78. The zero-order valence-electron chi connectivity index (χ0n) is 16.9. The zero-order chi connectivity index (χ0) is 21.1. The van der Waals surface area contributed by atoms with Gasteiger partial charge in [0.15, 0.2) is 12.1 Å². The lowest BCUT2D eigenvalue weighted by molar-refractivity contribution is 0.0825. The summed E-state index contributed by atoms with van der Waals surface area (Å²) in [4.78, 5) is 16.6. The third kappa shape index (κ3) is 4.45. The fraction of sp³-hybridized carbons (Fsp3) is 0.348. The van der Waals surface area contributed by atoms with Crippen molar-refractivity contribution in [2.45, 2.75) is 19.6 Å². The smallest absolute Gasteiger partial charge is 0.289 e. The predicted molar refractivity (Wildman–Crippen MR) is 118 cm³/mol. The Morgan fingerprint density at radius 1 is 1.17 bits per heavy atom. The van der Waals surface area contributed by atoms with Crippen LogP contribution in [0.4, 0.5) is 10.1 Å². The Morgan fingerprint density at radius 3 is 2.67 bits per heavy atom. The number of piperazine rings is 1. The summed E-state index contributed by atoms with van der Waals surface area (Å²) < 4.78 is 20.0. The van der Waals surface area contributed by atoms with Gasteiger partial charge in [0.25, 0.3) is 5.91 Å². The largest absolute Gasteiger partial charge is 0.451 e. The number of carbonyl (C=O) groups excluding carboxylic acids is 1. The Labute approximate surface area is 180 Å². The quantitative estimate of drug-likeness (QED) is 0.586. The van der Waals surface area contributed by atoms with Gasteiger partial charge >= 0.3 is 0 Å². The van der Waals surface area contributed by atoms with Crippen LogP contribution >= 0.6 is 11.6 Å². The van der Waals surface area contributed by atoms with Crippen molar-refractivity contribution in [2.24, 2.45) is 0 Å². The molecule has 1 amide bonds. The van der Waals surface area contributed by atoms with Gasteiger partial charge in [0.2, 0.25) is 0 Å². The van der Waals surface area contributed by atoms with E-state index in [2.05, 4.69) is 17.1 Å². The fourth-order valence-corrected chi connectivity index (χ4v) is 4.21. The average Bonchev–Trinajstić information content (AvgIpc) is 3.19. The second-order valence-electron chi connectivity index (χ2n) is 7.48. The van der Waals surface area contributed by atoms with Crippen molar-refractivity contribution in [1.82, 2.24) is 10.2 Å². The topological polar surface area (TPSA) is 48.7 Å². The molecule has 158 valence electrons. The van der Waals surface area contributed by atoms with Gasteiger partial charge in [-0.3, -0.25) is 9.69 Å². The van der Waals surface area contributed by atoms with Gasteiger partial charge < -0.3 is 14.6 Å². The summed E-state index contributed by atoms with van der Waals surface area (Å²) in [6, 6.07) is 15.1. The highest BCUT2D eigenvalue weighted by atomic mass is 35.5. The number of aryl methyl sites for hydroxylation is 1. The summed E-state index contributed by atoms with van der Waals surface area (Å²) in [6.45, 7) is 5.15. The van der Waals surface area contributed by atoms with Gasteiger partial charge in [-0.2, -0.15) is 0 Å². The molecule has 1 atom stereocenters. The Hall–Kier alpha value is -2.57. The highest BCUT2D eigenvalue weighted by molar-refractivity contribution is 6.34. The Morgan fingerprint density at radius 2 is 1.93 bits per heavy atom. The summed E-state index contributed by atoms with van der Waals surface area (Å²) in [7, 11) is 0. The van der Waals surface area contributed by atoms with Crippen LogP contribution in [-0.2, 0) is 6.42 Å². The van der Waals surface area contributed by atoms with Crippen LogP contribution in [0.15, 0.2) is 52.9 Å². The lowest BCUT2D eigenvalue weighted by Crippen LogP contribution is -2.50. The zero-order valence-corrected chi connectivity index (χ0v) is 17.7. The number of furan rings is 1. The van der Waals surface area contributed by atoms with E-state index < -0.39 is 12.2 Å². The number of para-hydroxylation sites is 1. The average molecular weight is 430 g/mol. The number of hydrogen-bond donors (Lipinski definition) is 1.